The van der Waals surface area contributed by atoms with Crippen LogP contribution in [0.3, 0.4) is 0 Å². The Kier molecular flexibility index (Phi) is 8.63. The average molecular weight is 582 g/mol. The number of aliphatic hydroxyl groups excluding tert-OH is 1. The summed E-state index contributed by atoms with van der Waals surface area (Å²) in [6, 6.07) is 15.1. The molecule has 5 rings (SSSR count). The fraction of sp³-hybridized carbons (Fsp3) is 0.516. The number of fused-ring (bicyclic) bond motifs is 1. The van der Waals surface area contributed by atoms with Crippen LogP contribution in [0.5, 0.6) is 5.75 Å². The minimum absolute atomic E-state index is 0.0321. The molecule has 0 bridgehead atoms. The topological polar surface area (TPSA) is 91.7 Å². The lowest BCUT2D eigenvalue weighted by Gasteiger charge is -2.43. The molecule has 8 nitrogen and oxygen atoms in total. The lowest BCUT2D eigenvalue weighted by atomic mass is 9.86. The van der Waals surface area contributed by atoms with Gasteiger partial charge in [-0.2, -0.15) is 5.10 Å². The van der Waals surface area contributed by atoms with Gasteiger partial charge in [0.2, 0.25) is 20.2 Å². The van der Waals surface area contributed by atoms with Gasteiger partial charge in [0.25, 0.3) is 0 Å². The van der Waals surface area contributed by atoms with Gasteiger partial charge < -0.3 is 23.6 Å². The molecule has 0 aromatic heterocycles. The monoisotopic (exact) mass is 581 g/mol. The number of likely N-dealkylation sites (tertiary alicyclic amines) is 1. The maximum atomic E-state index is 15.9. The van der Waals surface area contributed by atoms with E-state index in [1.165, 1.54) is 5.01 Å². The molecule has 10 heteroatoms. The summed E-state index contributed by atoms with van der Waals surface area (Å²) in [4.78, 5) is 28.0. The van der Waals surface area contributed by atoms with E-state index in [9.17, 15) is 14.7 Å². The Bertz CT molecular complexity index is 1300. The molecular weight excluding hydrogens is 541 g/mol. The number of anilines is 1. The molecule has 220 valence electrons. The van der Waals surface area contributed by atoms with Crippen molar-refractivity contribution in [3.05, 3.63) is 59.7 Å². The summed E-state index contributed by atoms with van der Waals surface area (Å²) in [5, 5.41) is 15.9. The molecule has 1 unspecified atom stereocenters. The number of ether oxygens (including phenoxy) is 2. The van der Waals surface area contributed by atoms with Crippen LogP contribution < -0.4 is 9.75 Å². The number of hydrogen-bond donors (Lipinski definition) is 1. The lowest BCUT2D eigenvalue weighted by molar-refractivity contribution is -0.133. The minimum Gasteiger partial charge on any atom is -0.490 e. The third-order valence-electron chi connectivity index (χ3n) is 8.78. The molecule has 3 heterocycles. The zero-order valence-electron chi connectivity index (χ0n) is 24.3. The van der Waals surface area contributed by atoms with E-state index in [4.69, 9.17) is 14.6 Å². The van der Waals surface area contributed by atoms with Gasteiger partial charge in [-0.15, -0.1) is 0 Å². The van der Waals surface area contributed by atoms with Crippen LogP contribution in [0, 0.1) is 5.92 Å². The maximum Gasteiger partial charge on any atom is 0.248 e. The summed E-state index contributed by atoms with van der Waals surface area (Å²) in [6.45, 7) is 5.72. The number of nitrogens with zero attached hydrogens (tertiary/aromatic N) is 3. The summed E-state index contributed by atoms with van der Waals surface area (Å²) in [5.74, 6) is 0.0840. The summed E-state index contributed by atoms with van der Waals surface area (Å²) >= 11 is 0. The Morgan fingerprint density at radius 1 is 1.22 bits per heavy atom. The van der Waals surface area contributed by atoms with Crippen LogP contribution in [0.25, 0.3) is 0 Å². The highest BCUT2D eigenvalue weighted by Gasteiger charge is 2.49. The van der Waals surface area contributed by atoms with E-state index in [-0.39, 0.29) is 36.8 Å². The van der Waals surface area contributed by atoms with Crippen molar-refractivity contribution in [3.63, 3.8) is 0 Å². The highest BCUT2D eigenvalue weighted by Crippen LogP contribution is 2.48. The van der Waals surface area contributed by atoms with Crippen molar-refractivity contribution < 1.29 is 28.3 Å². The largest absolute Gasteiger partial charge is 0.490 e. The first-order chi connectivity index (χ1) is 19.6. The van der Waals surface area contributed by atoms with Gasteiger partial charge in [0.1, 0.15) is 11.9 Å². The van der Waals surface area contributed by atoms with Crippen LogP contribution in [0.15, 0.2) is 53.6 Å². The molecule has 3 aliphatic heterocycles. The minimum atomic E-state index is -3.37. The van der Waals surface area contributed by atoms with Crippen molar-refractivity contribution in [2.45, 2.75) is 75.9 Å². The SMILES string of the molecule is CO[C@H]1c2cc(N3N=C(c4ccccc4)CCC3=O)ccc2O[C@@H](C(CC(=O)N2CCC[C@H]2CO)[Si](C)(C)F)[C@@H]1C. The number of aliphatic hydroxyl groups is 1. The second-order valence-corrected chi connectivity index (χ2v) is 15.7. The van der Waals surface area contributed by atoms with Crippen molar-refractivity contribution in [2.24, 2.45) is 11.0 Å². The lowest BCUT2D eigenvalue weighted by Crippen LogP contribution is -2.48. The first kappa shape index (κ1) is 29.4. The number of carbonyl (C=O) groups excluding carboxylic acids is 2. The highest BCUT2D eigenvalue weighted by atomic mass is 28.4. The first-order valence-electron chi connectivity index (χ1n) is 14.5. The molecule has 2 aromatic carbocycles. The molecule has 0 spiro atoms. The van der Waals surface area contributed by atoms with Gasteiger partial charge in [-0.1, -0.05) is 37.3 Å². The Morgan fingerprint density at radius 3 is 2.66 bits per heavy atom. The fourth-order valence-corrected chi connectivity index (χ4v) is 8.31. The number of benzene rings is 2. The fourth-order valence-electron chi connectivity index (χ4n) is 6.50. The molecule has 3 aliphatic rings. The molecule has 0 radical (unpaired) electrons. The molecule has 0 aliphatic carbocycles. The number of halogens is 1. The van der Waals surface area contributed by atoms with Crippen LogP contribution >= 0.6 is 0 Å². The van der Waals surface area contributed by atoms with E-state index in [0.717, 1.165) is 29.7 Å². The van der Waals surface area contributed by atoms with Gasteiger partial charge >= 0.3 is 0 Å². The van der Waals surface area contributed by atoms with E-state index in [1.54, 1.807) is 37.2 Å². The molecule has 0 saturated carbocycles. The standard InChI is InChI=1S/C31H40FN3O5Si/c1-20-30(39-2)24-17-22(35-28(37)15-13-25(33-35)21-9-6-5-7-10-21)12-14-26(24)40-31(20)27(41(3,4)32)18-29(38)34-16-8-11-23(34)19-36/h5-7,9-10,12,14,17,20,23,27,30-31,36H,8,11,13,15-16,18-19H2,1-4H3/t20-,23+,27?,30-,31-/m1/s1. The normalized spacial score (nSPS) is 25.4. The number of hydrogen-bond acceptors (Lipinski definition) is 6. The second-order valence-electron chi connectivity index (χ2n) is 11.9. The van der Waals surface area contributed by atoms with Crippen LogP contribution in [-0.4, -0.2) is 68.3 Å². The van der Waals surface area contributed by atoms with Gasteiger partial charge in [-0.3, -0.25) is 9.59 Å². The van der Waals surface area contributed by atoms with E-state index in [1.807, 2.05) is 43.3 Å². The molecular formula is C31H40FN3O5Si. The van der Waals surface area contributed by atoms with Crippen molar-refractivity contribution >= 4 is 31.6 Å². The van der Waals surface area contributed by atoms with E-state index in [2.05, 4.69) is 0 Å². The van der Waals surface area contributed by atoms with E-state index in [0.29, 0.717) is 30.8 Å². The number of hydrazone groups is 1. The van der Waals surface area contributed by atoms with Crippen LogP contribution in [0.2, 0.25) is 18.6 Å². The van der Waals surface area contributed by atoms with Crippen molar-refractivity contribution in [1.82, 2.24) is 4.90 Å². The highest BCUT2D eigenvalue weighted by molar-refractivity contribution is 6.72. The predicted molar refractivity (Wildman–Crippen MR) is 158 cm³/mol. The molecule has 2 aromatic rings. The van der Waals surface area contributed by atoms with Crippen LogP contribution in [0.4, 0.5) is 9.80 Å². The van der Waals surface area contributed by atoms with Gasteiger partial charge in [0, 0.05) is 49.9 Å². The summed E-state index contributed by atoms with van der Waals surface area (Å²) in [6.07, 6.45) is 1.57. The third kappa shape index (κ3) is 5.96. The van der Waals surface area contributed by atoms with Crippen molar-refractivity contribution in [1.29, 1.82) is 0 Å². The van der Waals surface area contributed by atoms with Gasteiger partial charge in [-0.25, -0.2) is 5.01 Å². The van der Waals surface area contributed by atoms with Gasteiger partial charge in [0.05, 0.1) is 30.2 Å². The summed E-state index contributed by atoms with van der Waals surface area (Å²) in [7, 11) is -1.76. The Hall–Kier alpha value is -3.08. The smallest absolute Gasteiger partial charge is 0.248 e. The number of rotatable bonds is 8. The van der Waals surface area contributed by atoms with Crippen LogP contribution in [-0.2, 0) is 14.3 Å². The number of methoxy groups -OCH3 is 1. The zero-order valence-corrected chi connectivity index (χ0v) is 25.3. The Labute approximate surface area is 242 Å². The maximum absolute atomic E-state index is 15.9. The predicted octanol–water partition coefficient (Wildman–Crippen LogP) is 5.22. The quantitative estimate of drug-likeness (QED) is 0.341. The third-order valence-corrected chi connectivity index (χ3v) is 11.1. The average Bonchev–Trinajstić information content (AvgIpc) is 3.45. The van der Waals surface area contributed by atoms with Gasteiger partial charge in [0.15, 0.2) is 0 Å². The molecule has 41 heavy (non-hydrogen) atoms. The van der Waals surface area contributed by atoms with Crippen molar-refractivity contribution in [3.8, 4) is 5.75 Å². The molecule has 1 N–H and O–H groups in total. The number of amides is 2. The zero-order chi connectivity index (χ0) is 29.3. The molecule has 1 saturated heterocycles. The van der Waals surface area contributed by atoms with E-state index < -0.39 is 26.2 Å². The Balaban J connectivity index is 1.43. The van der Waals surface area contributed by atoms with Crippen molar-refractivity contribution in [2.75, 3.05) is 25.3 Å². The summed E-state index contributed by atoms with van der Waals surface area (Å²) < 4.78 is 28.4. The second kappa shape index (κ2) is 12.0. The van der Waals surface area contributed by atoms with Crippen LogP contribution in [0.1, 0.15) is 56.3 Å². The number of carbonyl (C=O) groups is 2. The summed E-state index contributed by atoms with van der Waals surface area (Å²) in [5.41, 5.74) is 2.62. The molecule has 5 atom stereocenters. The first-order valence-corrected chi connectivity index (χ1v) is 17.5. The Morgan fingerprint density at radius 2 is 1.98 bits per heavy atom. The molecule has 2 amide bonds. The van der Waals surface area contributed by atoms with E-state index >= 15 is 4.11 Å². The molecule has 1 fully saturated rings. The van der Waals surface area contributed by atoms with Gasteiger partial charge in [-0.05, 0) is 49.7 Å².